The van der Waals surface area contributed by atoms with Crippen molar-refractivity contribution in [3.05, 3.63) is 58.6 Å². The van der Waals surface area contributed by atoms with Crippen molar-refractivity contribution in [2.75, 3.05) is 11.9 Å². The lowest BCUT2D eigenvalue weighted by Gasteiger charge is -2.12. The molecule has 120 valence electrons. The Balaban J connectivity index is 1.99. The Morgan fingerprint density at radius 1 is 1.22 bits per heavy atom. The molecule has 2 aromatic carbocycles. The van der Waals surface area contributed by atoms with E-state index in [1.807, 2.05) is 13.0 Å². The highest BCUT2D eigenvalue weighted by molar-refractivity contribution is 6.31. The monoisotopic (exact) mass is 332 g/mol. The minimum absolute atomic E-state index is 0.0607. The SMILES string of the molecule is Cc1ccc(Cl)cc1NC(=O)COc1ccccc1CC(N)=O. The Morgan fingerprint density at radius 3 is 2.70 bits per heavy atom. The Hall–Kier alpha value is -2.53. The summed E-state index contributed by atoms with van der Waals surface area (Å²) in [5.74, 6) is -0.312. The van der Waals surface area contributed by atoms with Crippen LogP contribution >= 0.6 is 11.6 Å². The van der Waals surface area contributed by atoms with Crippen LogP contribution in [0.2, 0.25) is 5.02 Å². The molecule has 0 aliphatic heterocycles. The molecule has 0 aliphatic rings. The largest absolute Gasteiger partial charge is 0.483 e. The van der Waals surface area contributed by atoms with Gasteiger partial charge in [-0.15, -0.1) is 0 Å². The maximum absolute atomic E-state index is 12.0. The maximum atomic E-state index is 12.0. The molecular formula is C17H17ClN2O3. The number of rotatable bonds is 6. The van der Waals surface area contributed by atoms with Gasteiger partial charge in [-0.3, -0.25) is 9.59 Å². The van der Waals surface area contributed by atoms with Crippen LogP contribution < -0.4 is 15.8 Å². The van der Waals surface area contributed by atoms with E-state index >= 15 is 0 Å². The minimum atomic E-state index is -0.458. The molecule has 2 amide bonds. The number of anilines is 1. The summed E-state index contributed by atoms with van der Waals surface area (Å²) in [6.07, 6.45) is 0.0607. The molecule has 0 radical (unpaired) electrons. The molecule has 0 bridgehead atoms. The lowest BCUT2D eigenvalue weighted by atomic mass is 10.1. The number of benzene rings is 2. The van der Waals surface area contributed by atoms with Crippen molar-refractivity contribution in [3.8, 4) is 5.75 Å². The van der Waals surface area contributed by atoms with Crippen LogP contribution in [0.3, 0.4) is 0 Å². The topological polar surface area (TPSA) is 81.4 Å². The number of ether oxygens (including phenoxy) is 1. The standard InChI is InChI=1S/C17H17ClN2O3/c1-11-6-7-13(18)9-14(11)20-17(22)10-23-15-5-3-2-4-12(15)8-16(19)21/h2-7,9H,8,10H2,1H3,(H2,19,21)(H,20,22). The van der Waals surface area contributed by atoms with E-state index in [9.17, 15) is 9.59 Å². The fourth-order valence-electron chi connectivity index (χ4n) is 2.04. The molecule has 6 heteroatoms. The van der Waals surface area contributed by atoms with Gasteiger partial charge in [0.2, 0.25) is 5.91 Å². The predicted molar refractivity (Wildman–Crippen MR) is 89.7 cm³/mol. The second-order valence-electron chi connectivity index (χ2n) is 5.05. The number of hydrogen-bond donors (Lipinski definition) is 2. The fraction of sp³-hybridized carbons (Fsp3) is 0.176. The average molecular weight is 333 g/mol. The third-order valence-electron chi connectivity index (χ3n) is 3.17. The number of halogens is 1. The van der Waals surface area contributed by atoms with Gasteiger partial charge >= 0.3 is 0 Å². The van der Waals surface area contributed by atoms with Gasteiger partial charge in [0, 0.05) is 16.3 Å². The van der Waals surface area contributed by atoms with Crippen LogP contribution in [0.4, 0.5) is 5.69 Å². The van der Waals surface area contributed by atoms with E-state index in [1.54, 1.807) is 36.4 Å². The molecule has 2 aromatic rings. The van der Waals surface area contributed by atoms with E-state index in [2.05, 4.69) is 5.32 Å². The van der Waals surface area contributed by atoms with Gasteiger partial charge in [0.25, 0.3) is 5.91 Å². The van der Waals surface area contributed by atoms with Crippen LogP contribution in [-0.2, 0) is 16.0 Å². The quantitative estimate of drug-likeness (QED) is 0.853. The van der Waals surface area contributed by atoms with E-state index in [0.29, 0.717) is 22.0 Å². The molecule has 0 heterocycles. The molecule has 0 saturated carbocycles. The lowest BCUT2D eigenvalue weighted by Crippen LogP contribution is -2.21. The molecule has 0 saturated heterocycles. The molecule has 0 unspecified atom stereocenters. The van der Waals surface area contributed by atoms with Crippen molar-refractivity contribution in [1.82, 2.24) is 0 Å². The molecule has 23 heavy (non-hydrogen) atoms. The summed E-state index contributed by atoms with van der Waals surface area (Å²) in [6.45, 7) is 1.69. The minimum Gasteiger partial charge on any atom is -0.483 e. The van der Waals surface area contributed by atoms with Crippen LogP contribution in [0, 0.1) is 6.92 Å². The van der Waals surface area contributed by atoms with Gasteiger partial charge in [-0.2, -0.15) is 0 Å². The van der Waals surface area contributed by atoms with Crippen molar-refractivity contribution in [2.24, 2.45) is 5.73 Å². The number of nitrogens with one attached hydrogen (secondary N) is 1. The molecule has 3 N–H and O–H groups in total. The number of carbonyl (C=O) groups is 2. The number of primary amides is 1. The van der Waals surface area contributed by atoms with Gasteiger partial charge in [0.1, 0.15) is 5.75 Å². The Kier molecular flexibility index (Phi) is 5.60. The molecular weight excluding hydrogens is 316 g/mol. The zero-order valence-electron chi connectivity index (χ0n) is 12.6. The smallest absolute Gasteiger partial charge is 0.262 e. The van der Waals surface area contributed by atoms with Gasteiger partial charge in [0.05, 0.1) is 6.42 Å². The van der Waals surface area contributed by atoms with E-state index in [4.69, 9.17) is 22.1 Å². The first-order valence-electron chi connectivity index (χ1n) is 7.00. The Bertz CT molecular complexity index is 732. The summed E-state index contributed by atoms with van der Waals surface area (Å²) in [5.41, 5.74) is 7.38. The van der Waals surface area contributed by atoms with Crippen molar-refractivity contribution in [1.29, 1.82) is 0 Å². The van der Waals surface area contributed by atoms with E-state index < -0.39 is 5.91 Å². The van der Waals surface area contributed by atoms with Crippen molar-refractivity contribution in [3.63, 3.8) is 0 Å². The molecule has 0 spiro atoms. The Morgan fingerprint density at radius 2 is 1.96 bits per heavy atom. The number of aryl methyl sites for hydroxylation is 1. The van der Waals surface area contributed by atoms with Crippen molar-refractivity contribution >= 4 is 29.1 Å². The van der Waals surface area contributed by atoms with Crippen molar-refractivity contribution < 1.29 is 14.3 Å². The van der Waals surface area contributed by atoms with Crippen molar-refractivity contribution in [2.45, 2.75) is 13.3 Å². The van der Waals surface area contributed by atoms with Gasteiger partial charge in [0.15, 0.2) is 6.61 Å². The normalized spacial score (nSPS) is 10.2. The maximum Gasteiger partial charge on any atom is 0.262 e. The van der Waals surface area contributed by atoms with Crippen LogP contribution in [0.25, 0.3) is 0 Å². The Labute approximate surface area is 139 Å². The molecule has 2 rings (SSSR count). The molecule has 0 fully saturated rings. The summed E-state index contributed by atoms with van der Waals surface area (Å²) in [5, 5.41) is 3.28. The van der Waals surface area contributed by atoms with Crippen LogP contribution in [-0.4, -0.2) is 18.4 Å². The summed E-state index contributed by atoms with van der Waals surface area (Å²) >= 11 is 5.92. The third-order valence-corrected chi connectivity index (χ3v) is 3.40. The predicted octanol–water partition coefficient (Wildman–Crippen LogP) is 2.69. The summed E-state index contributed by atoms with van der Waals surface area (Å²) in [4.78, 5) is 23.1. The summed E-state index contributed by atoms with van der Waals surface area (Å²) in [7, 11) is 0. The third kappa shape index (κ3) is 5.00. The number of hydrogen-bond acceptors (Lipinski definition) is 3. The van der Waals surface area contributed by atoms with Crippen LogP contribution in [0.5, 0.6) is 5.75 Å². The van der Waals surface area contributed by atoms with E-state index in [-0.39, 0.29) is 18.9 Å². The van der Waals surface area contributed by atoms with E-state index in [1.165, 1.54) is 0 Å². The van der Waals surface area contributed by atoms with Gasteiger partial charge in [-0.25, -0.2) is 0 Å². The van der Waals surface area contributed by atoms with Gasteiger partial charge < -0.3 is 15.8 Å². The molecule has 5 nitrogen and oxygen atoms in total. The molecule has 0 aliphatic carbocycles. The first-order chi connectivity index (χ1) is 11.0. The highest BCUT2D eigenvalue weighted by atomic mass is 35.5. The van der Waals surface area contributed by atoms with Gasteiger partial charge in [-0.1, -0.05) is 35.9 Å². The first-order valence-corrected chi connectivity index (χ1v) is 7.38. The number of para-hydroxylation sites is 1. The zero-order chi connectivity index (χ0) is 16.8. The van der Waals surface area contributed by atoms with Crippen LogP contribution in [0.1, 0.15) is 11.1 Å². The first kappa shape index (κ1) is 16.8. The number of amides is 2. The van der Waals surface area contributed by atoms with Gasteiger partial charge in [-0.05, 0) is 30.7 Å². The lowest BCUT2D eigenvalue weighted by molar-refractivity contribution is -0.118. The molecule has 0 aromatic heterocycles. The molecule has 0 atom stereocenters. The number of carbonyl (C=O) groups excluding carboxylic acids is 2. The van der Waals surface area contributed by atoms with Crippen LogP contribution in [0.15, 0.2) is 42.5 Å². The fourth-order valence-corrected chi connectivity index (χ4v) is 2.21. The summed E-state index contributed by atoms with van der Waals surface area (Å²) in [6, 6.07) is 12.2. The average Bonchev–Trinajstić information content (AvgIpc) is 2.49. The zero-order valence-corrected chi connectivity index (χ0v) is 13.4. The van der Waals surface area contributed by atoms with E-state index in [0.717, 1.165) is 5.56 Å². The number of nitrogens with two attached hydrogens (primary N) is 1. The second-order valence-corrected chi connectivity index (χ2v) is 5.48. The highest BCUT2D eigenvalue weighted by Crippen LogP contribution is 2.21. The second kappa shape index (κ2) is 7.65. The highest BCUT2D eigenvalue weighted by Gasteiger charge is 2.10. The summed E-state index contributed by atoms with van der Waals surface area (Å²) < 4.78 is 5.49.